The van der Waals surface area contributed by atoms with Crippen LogP contribution in [-0.2, 0) is 11.2 Å². The van der Waals surface area contributed by atoms with Crippen LogP contribution in [0.4, 0.5) is 16.0 Å². The number of aromatic nitrogens is 3. The summed E-state index contributed by atoms with van der Waals surface area (Å²) in [5, 5.41) is 12.6. The molecule has 0 aliphatic rings. The highest BCUT2D eigenvalue weighted by molar-refractivity contribution is 6.06. The Balaban J connectivity index is 2.00. The molecule has 31 heavy (non-hydrogen) atoms. The van der Waals surface area contributed by atoms with Gasteiger partial charge in [0.1, 0.15) is 41.0 Å². The standard InChI is InChI=1S/C21H21FN6O3/c1-3-30-18-16(7-8-25-20-14(10-23)19(24)26-11-27-20)28-15-6-5-12(22)9-13(15)17(18)21(29)31-4-2/h5-6,9,11H,3-4,7-8H2,1-2H3,(H3,24,25,26,27). The van der Waals surface area contributed by atoms with Gasteiger partial charge in [-0.3, -0.25) is 0 Å². The third-order valence-corrected chi connectivity index (χ3v) is 4.38. The predicted octanol–water partition coefficient (Wildman–Crippen LogP) is 2.85. The lowest BCUT2D eigenvalue weighted by molar-refractivity contribution is 0.0524. The van der Waals surface area contributed by atoms with E-state index in [0.29, 0.717) is 35.4 Å². The zero-order valence-electron chi connectivity index (χ0n) is 17.1. The molecule has 3 aromatic rings. The molecule has 0 saturated carbocycles. The van der Waals surface area contributed by atoms with Gasteiger partial charge in [-0.2, -0.15) is 5.26 Å². The lowest BCUT2D eigenvalue weighted by Crippen LogP contribution is -2.15. The van der Waals surface area contributed by atoms with Crippen molar-refractivity contribution in [3.05, 3.63) is 47.2 Å². The maximum absolute atomic E-state index is 13.9. The number of anilines is 2. The Labute approximate surface area is 178 Å². The number of rotatable bonds is 8. The number of nitriles is 1. The summed E-state index contributed by atoms with van der Waals surface area (Å²) in [5.41, 5.74) is 6.90. The molecular formula is C21H21FN6O3. The fraction of sp³-hybridized carbons (Fsp3) is 0.286. The van der Waals surface area contributed by atoms with Gasteiger partial charge in [-0.1, -0.05) is 0 Å². The number of carbonyl (C=O) groups excluding carboxylic acids is 1. The van der Waals surface area contributed by atoms with Crippen LogP contribution in [0.5, 0.6) is 5.75 Å². The van der Waals surface area contributed by atoms with Gasteiger partial charge in [0.05, 0.1) is 24.4 Å². The molecule has 0 fully saturated rings. The van der Waals surface area contributed by atoms with Crippen molar-refractivity contribution in [1.82, 2.24) is 15.0 Å². The Kier molecular flexibility index (Phi) is 6.77. The molecule has 3 rings (SSSR count). The van der Waals surface area contributed by atoms with Crippen LogP contribution in [0, 0.1) is 17.1 Å². The average Bonchev–Trinajstić information content (AvgIpc) is 2.74. The van der Waals surface area contributed by atoms with E-state index in [2.05, 4.69) is 20.3 Å². The van der Waals surface area contributed by atoms with Gasteiger partial charge in [-0.05, 0) is 32.0 Å². The monoisotopic (exact) mass is 424 g/mol. The van der Waals surface area contributed by atoms with E-state index in [0.717, 1.165) is 0 Å². The molecule has 0 amide bonds. The van der Waals surface area contributed by atoms with E-state index < -0.39 is 11.8 Å². The second-order valence-corrected chi connectivity index (χ2v) is 6.35. The highest BCUT2D eigenvalue weighted by Crippen LogP contribution is 2.32. The van der Waals surface area contributed by atoms with Gasteiger partial charge in [0.2, 0.25) is 0 Å². The van der Waals surface area contributed by atoms with Crippen LogP contribution in [0.2, 0.25) is 0 Å². The molecule has 3 N–H and O–H groups in total. The fourth-order valence-corrected chi connectivity index (χ4v) is 3.09. The summed E-state index contributed by atoms with van der Waals surface area (Å²) in [4.78, 5) is 25.1. The highest BCUT2D eigenvalue weighted by Gasteiger charge is 2.23. The van der Waals surface area contributed by atoms with Gasteiger partial charge >= 0.3 is 5.97 Å². The molecule has 10 heteroatoms. The molecule has 0 radical (unpaired) electrons. The van der Waals surface area contributed by atoms with Gasteiger partial charge in [-0.25, -0.2) is 24.1 Å². The van der Waals surface area contributed by atoms with Crippen molar-refractivity contribution in [2.45, 2.75) is 20.3 Å². The molecule has 0 atom stereocenters. The molecule has 0 aliphatic heterocycles. The van der Waals surface area contributed by atoms with Crippen LogP contribution in [0.3, 0.4) is 0 Å². The first-order chi connectivity index (χ1) is 15.0. The first-order valence-corrected chi connectivity index (χ1v) is 9.66. The van der Waals surface area contributed by atoms with Gasteiger partial charge in [0.25, 0.3) is 0 Å². The first kappa shape index (κ1) is 21.7. The second kappa shape index (κ2) is 9.67. The van der Waals surface area contributed by atoms with E-state index >= 15 is 0 Å². The van der Waals surface area contributed by atoms with Gasteiger partial charge in [0, 0.05) is 18.4 Å². The van der Waals surface area contributed by atoms with Gasteiger partial charge in [-0.15, -0.1) is 0 Å². The number of pyridine rings is 1. The number of esters is 1. The normalized spacial score (nSPS) is 10.5. The number of nitrogens with two attached hydrogens (primary N) is 1. The Bertz CT molecular complexity index is 1160. The Morgan fingerprint density at radius 3 is 2.81 bits per heavy atom. The van der Waals surface area contributed by atoms with Crippen LogP contribution in [-0.4, -0.2) is 40.7 Å². The van der Waals surface area contributed by atoms with Crippen molar-refractivity contribution in [2.24, 2.45) is 0 Å². The number of carbonyl (C=O) groups is 1. The van der Waals surface area contributed by atoms with Crippen molar-refractivity contribution in [3.8, 4) is 11.8 Å². The molecule has 0 spiro atoms. The smallest absolute Gasteiger partial charge is 0.342 e. The van der Waals surface area contributed by atoms with Crippen molar-refractivity contribution in [3.63, 3.8) is 0 Å². The molecule has 2 aromatic heterocycles. The highest BCUT2D eigenvalue weighted by atomic mass is 19.1. The third-order valence-electron chi connectivity index (χ3n) is 4.38. The van der Waals surface area contributed by atoms with E-state index in [-0.39, 0.29) is 35.9 Å². The Morgan fingerprint density at radius 1 is 1.29 bits per heavy atom. The molecule has 0 bridgehead atoms. The van der Waals surface area contributed by atoms with Crippen molar-refractivity contribution >= 4 is 28.5 Å². The predicted molar refractivity (Wildman–Crippen MR) is 112 cm³/mol. The van der Waals surface area contributed by atoms with Gasteiger partial charge < -0.3 is 20.5 Å². The van der Waals surface area contributed by atoms with Crippen LogP contribution < -0.4 is 15.8 Å². The van der Waals surface area contributed by atoms with E-state index in [1.807, 2.05) is 6.07 Å². The SMILES string of the molecule is CCOC(=O)c1c(OCC)c(CCNc2ncnc(N)c2C#N)nc2ccc(F)cc12. The minimum absolute atomic E-state index is 0.0745. The van der Waals surface area contributed by atoms with E-state index in [1.165, 1.54) is 24.5 Å². The number of nitrogens with one attached hydrogen (secondary N) is 1. The molecule has 160 valence electrons. The second-order valence-electron chi connectivity index (χ2n) is 6.35. The summed E-state index contributed by atoms with van der Waals surface area (Å²) < 4.78 is 24.8. The number of benzene rings is 1. The minimum atomic E-state index is -0.617. The van der Waals surface area contributed by atoms with Crippen LogP contribution >= 0.6 is 0 Å². The Morgan fingerprint density at radius 2 is 2.10 bits per heavy atom. The average molecular weight is 424 g/mol. The van der Waals surface area contributed by atoms with Crippen LogP contribution in [0.15, 0.2) is 24.5 Å². The van der Waals surface area contributed by atoms with E-state index in [9.17, 15) is 14.4 Å². The first-order valence-electron chi connectivity index (χ1n) is 9.66. The number of halogens is 1. The van der Waals surface area contributed by atoms with Crippen molar-refractivity contribution in [1.29, 1.82) is 5.26 Å². The zero-order chi connectivity index (χ0) is 22.4. The number of nitrogen functional groups attached to an aromatic ring is 1. The molecular weight excluding hydrogens is 403 g/mol. The summed E-state index contributed by atoms with van der Waals surface area (Å²) in [6.45, 7) is 4.21. The van der Waals surface area contributed by atoms with Crippen LogP contribution in [0.1, 0.15) is 35.5 Å². The number of nitrogens with zero attached hydrogens (tertiary/aromatic N) is 4. The van der Waals surface area contributed by atoms with E-state index in [1.54, 1.807) is 13.8 Å². The summed E-state index contributed by atoms with van der Waals surface area (Å²) in [6.07, 6.45) is 1.58. The number of hydrogen-bond acceptors (Lipinski definition) is 9. The molecule has 0 aliphatic carbocycles. The zero-order valence-corrected chi connectivity index (χ0v) is 17.1. The van der Waals surface area contributed by atoms with Crippen molar-refractivity contribution in [2.75, 3.05) is 30.8 Å². The Hall–Kier alpha value is -4.00. The van der Waals surface area contributed by atoms with E-state index in [4.69, 9.17) is 15.2 Å². The maximum Gasteiger partial charge on any atom is 0.342 e. The van der Waals surface area contributed by atoms with Gasteiger partial charge in [0.15, 0.2) is 5.75 Å². The molecule has 2 heterocycles. The molecule has 0 saturated heterocycles. The van der Waals surface area contributed by atoms with Crippen molar-refractivity contribution < 1.29 is 18.7 Å². The summed E-state index contributed by atoms with van der Waals surface area (Å²) in [7, 11) is 0. The van der Waals surface area contributed by atoms with Crippen LogP contribution in [0.25, 0.3) is 10.9 Å². The summed E-state index contributed by atoms with van der Waals surface area (Å²) in [5.74, 6) is -0.508. The topological polar surface area (TPSA) is 136 Å². The summed E-state index contributed by atoms with van der Waals surface area (Å²) in [6, 6.07) is 5.97. The number of ether oxygens (including phenoxy) is 2. The molecule has 0 unspecified atom stereocenters. The number of hydrogen-bond donors (Lipinski definition) is 2. The number of fused-ring (bicyclic) bond motifs is 1. The molecule has 1 aromatic carbocycles. The quantitative estimate of drug-likeness (QED) is 0.523. The largest absolute Gasteiger partial charge is 0.491 e. The maximum atomic E-state index is 13.9. The minimum Gasteiger partial charge on any atom is -0.491 e. The summed E-state index contributed by atoms with van der Waals surface area (Å²) >= 11 is 0. The lowest BCUT2D eigenvalue weighted by Gasteiger charge is -2.17. The molecule has 9 nitrogen and oxygen atoms in total. The fourth-order valence-electron chi connectivity index (χ4n) is 3.09. The lowest BCUT2D eigenvalue weighted by atomic mass is 10.0. The third kappa shape index (κ3) is 4.61.